The molecule has 0 unspecified atom stereocenters. The maximum atomic E-state index is 7.50. The van der Waals surface area contributed by atoms with Gasteiger partial charge in [-0.1, -0.05) is 53.4 Å². The number of methoxy groups -OCH3 is 4. The van der Waals surface area contributed by atoms with Crippen LogP contribution in [-0.2, 0) is 35.4 Å². The molecule has 0 amide bonds. The Morgan fingerprint density at radius 2 is 0.556 bits per heavy atom. The van der Waals surface area contributed by atoms with Gasteiger partial charge in [0.25, 0.3) is 0 Å². The van der Waals surface area contributed by atoms with Crippen molar-refractivity contribution in [3.8, 4) is 0 Å². The predicted octanol–water partition coefficient (Wildman–Crippen LogP) is 6.06. The van der Waals surface area contributed by atoms with Gasteiger partial charge < -0.3 is 35.4 Å². The Bertz CT molecular complexity index is 468. The van der Waals surface area contributed by atoms with Gasteiger partial charge in [-0.2, -0.15) is 0 Å². The molecule has 0 radical (unpaired) electrons. The molecule has 36 heavy (non-hydrogen) atoms. The third-order valence-corrected chi connectivity index (χ3v) is 27.6. The van der Waals surface area contributed by atoms with Crippen LogP contribution in [0.15, 0.2) is 0 Å². The van der Waals surface area contributed by atoms with Crippen LogP contribution < -0.4 is 0 Å². The Balaban J connectivity index is 3.80. The Labute approximate surface area is 226 Å². The van der Waals surface area contributed by atoms with Crippen LogP contribution in [0.25, 0.3) is 0 Å². The fourth-order valence-corrected chi connectivity index (χ4v) is 31.0. The minimum atomic E-state index is -2.72. The number of hydrogen-bond donors (Lipinski definition) is 0. The lowest BCUT2D eigenvalue weighted by atomic mass is 10.6. The van der Waals surface area contributed by atoms with E-state index in [1.165, 1.54) is 0 Å². The fourth-order valence-electron chi connectivity index (χ4n) is 5.31. The van der Waals surface area contributed by atoms with Crippen molar-refractivity contribution in [2.24, 2.45) is 0 Å². The quantitative estimate of drug-likeness (QED) is 0.160. The molecule has 12 heteroatoms. The molecule has 1 rings (SSSR count). The normalized spacial score (nSPS) is 31.3. The van der Waals surface area contributed by atoms with E-state index in [2.05, 4.69) is 27.7 Å². The van der Waals surface area contributed by atoms with Crippen LogP contribution in [0.3, 0.4) is 0 Å². The summed E-state index contributed by atoms with van der Waals surface area (Å²) >= 11 is 0. The van der Waals surface area contributed by atoms with Gasteiger partial charge in [0.2, 0.25) is 0 Å². The van der Waals surface area contributed by atoms with Crippen molar-refractivity contribution in [2.45, 2.75) is 102 Å². The van der Waals surface area contributed by atoms with E-state index in [1.807, 2.05) is 0 Å². The molecule has 1 heterocycles. The number of ether oxygens (including phenoxy) is 4. The van der Waals surface area contributed by atoms with E-state index in [0.717, 1.165) is 74.0 Å². The first-order valence-electron chi connectivity index (χ1n) is 14.1. The van der Waals surface area contributed by atoms with E-state index in [0.29, 0.717) is 26.4 Å². The van der Waals surface area contributed by atoms with Gasteiger partial charge in [0.15, 0.2) is 0 Å². The first-order valence-corrected chi connectivity index (χ1v) is 23.0. The van der Waals surface area contributed by atoms with Gasteiger partial charge in [0.1, 0.15) is 0 Å². The predicted molar refractivity (Wildman–Crippen MR) is 154 cm³/mol. The highest BCUT2D eigenvalue weighted by Crippen LogP contribution is 2.43. The molecule has 0 saturated carbocycles. The Kier molecular flexibility index (Phi) is 17.3. The zero-order chi connectivity index (χ0) is 27.0. The van der Waals surface area contributed by atoms with Crippen molar-refractivity contribution in [3.63, 3.8) is 0 Å². The topological polar surface area (TPSA) is 73.8 Å². The van der Waals surface area contributed by atoms with E-state index in [4.69, 9.17) is 35.4 Å². The summed E-state index contributed by atoms with van der Waals surface area (Å²) in [4.78, 5) is 0. The summed E-state index contributed by atoms with van der Waals surface area (Å²) in [6.07, 6.45) is 4.00. The van der Waals surface area contributed by atoms with Crippen molar-refractivity contribution in [2.75, 3.05) is 54.9 Å². The molecule has 1 saturated heterocycles. The van der Waals surface area contributed by atoms with E-state index < -0.39 is 34.2 Å². The molecular formula is C24H56O8Si4. The molecule has 0 N–H and O–H groups in total. The summed E-state index contributed by atoms with van der Waals surface area (Å²) in [5.41, 5.74) is 0. The Morgan fingerprint density at radius 3 is 0.694 bits per heavy atom. The standard InChI is InChI=1S/C24H56O8Si4/c1-9-17-33(21-13-25-5)29-34(18-10-2,22-14-26-6)31-36(20-12-4,24-16-28-8)32-35(30-33,19-11-3)23-15-27-7/h9-24H2,1-8H3. The van der Waals surface area contributed by atoms with Crippen molar-refractivity contribution in [1.29, 1.82) is 0 Å². The van der Waals surface area contributed by atoms with E-state index in [1.54, 1.807) is 28.4 Å². The molecule has 0 spiro atoms. The molecule has 1 fully saturated rings. The molecule has 8 nitrogen and oxygen atoms in total. The summed E-state index contributed by atoms with van der Waals surface area (Å²) in [6, 6.07) is 6.84. The van der Waals surface area contributed by atoms with Crippen molar-refractivity contribution < 1.29 is 35.4 Å². The van der Waals surface area contributed by atoms with Crippen LogP contribution in [0.2, 0.25) is 48.4 Å². The fraction of sp³-hybridized carbons (Fsp3) is 1.00. The van der Waals surface area contributed by atoms with Gasteiger partial charge in [0.05, 0.1) is 0 Å². The monoisotopic (exact) mass is 584 g/mol. The second-order valence-corrected chi connectivity index (χ2v) is 24.6. The minimum absolute atomic E-state index is 0.620. The van der Waals surface area contributed by atoms with Gasteiger partial charge in [-0.05, 0) is 24.2 Å². The lowest BCUT2D eigenvalue weighted by molar-refractivity contribution is 0.157. The Morgan fingerprint density at radius 1 is 0.361 bits per heavy atom. The molecule has 1 aliphatic heterocycles. The first-order chi connectivity index (χ1) is 17.3. The third-order valence-electron chi connectivity index (χ3n) is 6.76. The molecule has 0 aromatic heterocycles. The minimum Gasteiger partial charge on any atom is -0.415 e. The van der Waals surface area contributed by atoms with Crippen LogP contribution in [0.1, 0.15) is 53.4 Å². The number of rotatable bonds is 20. The molecule has 0 aromatic carbocycles. The Hall–Kier alpha value is 0.548. The van der Waals surface area contributed by atoms with E-state index in [-0.39, 0.29) is 0 Å². The van der Waals surface area contributed by atoms with Crippen LogP contribution in [0.4, 0.5) is 0 Å². The second-order valence-electron chi connectivity index (χ2n) is 10.0. The molecule has 0 bridgehead atoms. The molecule has 1 aliphatic rings. The molecular weight excluding hydrogens is 529 g/mol. The molecule has 0 atom stereocenters. The second kappa shape index (κ2) is 18.0. The van der Waals surface area contributed by atoms with Gasteiger partial charge >= 0.3 is 34.2 Å². The highest BCUT2D eigenvalue weighted by Gasteiger charge is 2.61. The number of hydrogen-bond acceptors (Lipinski definition) is 8. The summed E-state index contributed by atoms with van der Waals surface area (Å²) in [7, 11) is -3.84. The van der Waals surface area contributed by atoms with E-state index in [9.17, 15) is 0 Å². The molecule has 216 valence electrons. The van der Waals surface area contributed by atoms with Crippen molar-refractivity contribution >= 4 is 34.2 Å². The lowest BCUT2D eigenvalue weighted by Crippen LogP contribution is -2.70. The molecule has 0 aromatic rings. The van der Waals surface area contributed by atoms with Gasteiger partial charge in [-0.15, -0.1) is 0 Å². The maximum absolute atomic E-state index is 7.50. The summed E-state index contributed by atoms with van der Waals surface area (Å²) in [6.45, 7) is 11.4. The molecule has 0 aliphatic carbocycles. The average Bonchev–Trinajstić information content (AvgIpc) is 2.84. The van der Waals surface area contributed by atoms with Gasteiger partial charge in [-0.25, -0.2) is 0 Å². The van der Waals surface area contributed by atoms with Crippen LogP contribution >= 0.6 is 0 Å². The SMILES string of the molecule is CCC[Si]1(CCOC)O[Si](CCC)(CCOC)O[Si](CCC)(CCOC)O[Si](CCC)(CCOC)O1. The summed E-state index contributed by atoms with van der Waals surface area (Å²) < 4.78 is 52.4. The largest absolute Gasteiger partial charge is 0.415 e. The van der Waals surface area contributed by atoms with Crippen LogP contribution in [0.5, 0.6) is 0 Å². The highest BCUT2D eigenvalue weighted by atomic mass is 28.5. The first kappa shape index (κ1) is 34.6. The average molecular weight is 585 g/mol. The smallest absolute Gasteiger partial charge is 0.322 e. The van der Waals surface area contributed by atoms with Crippen molar-refractivity contribution in [3.05, 3.63) is 0 Å². The van der Waals surface area contributed by atoms with Gasteiger partial charge in [0, 0.05) is 79.0 Å². The summed E-state index contributed by atoms with van der Waals surface area (Å²) in [5.74, 6) is 0. The lowest BCUT2D eigenvalue weighted by Gasteiger charge is -2.54. The third kappa shape index (κ3) is 10.6. The highest BCUT2D eigenvalue weighted by molar-refractivity contribution is 6.95. The van der Waals surface area contributed by atoms with Crippen molar-refractivity contribution in [1.82, 2.24) is 0 Å². The zero-order valence-electron chi connectivity index (χ0n) is 24.6. The maximum Gasteiger partial charge on any atom is 0.322 e. The van der Waals surface area contributed by atoms with E-state index >= 15 is 0 Å². The van der Waals surface area contributed by atoms with Gasteiger partial charge in [-0.3, -0.25) is 0 Å². The van der Waals surface area contributed by atoms with Crippen LogP contribution in [0, 0.1) is 0 Å². The summed E-state index contributed by atoms with van der Waals surface area (Å²) in [5, 5.41) is 0. The van der Waals surface area contributed by atoms with Crippen LogP contribution in [-0.4, -0.2) is 89.1 Å². The zero-order valence-corrected chi connectivity index (χ0v) is 28.6.